The van der Waals surface area contributed by atoms with Crippen LogP contribution >= 0.6 is 0 Å². The summed E-state index contributed by atoms with van der Waals surface area (Å²) in [5, 5.41) is 6.28. The third kappa shape index (κ3) is 4.34. The van der Waals surface area contributed by atoms with Crippen LogP contribution in [0.1, 0.15) is 10.4 Å². The van der Waals surface area contributed by atoms with Gasteiger partial charge >= 0.3 is 0 Å². The summed E-state index contributed by atoms with van der Waals surface area (Å²) >= 11 is 0. The molecule has 0 saturated carbocycles. The van der Waals surface area contributed by atoms with E-state index in [1.807, 2.05) is 54.6 Å². The van der Waals surface area contributed by atoms with Gasteiger partial charge in [0.25, 0.3) is 5.91 Å². The number of hydrogen-bond acceptors (Lipinski definition) is 4. The number of ether oxygens (including phenoxy) is 1. The van der Waals surface area contributed by atoms with Gasteiger partial charge in [-0.15, -0.1) is 0 Å². The lowest BCUT2D eigenvalue weighted by Gasteiger charge is -2.30. The number of likely N-dealkylation sites (N-methyl/N-ethyl adjacent to an activating group) is 1. The molecule has 1 aliphatic rings. The summed E-state index contributed by atoms with van der Waals surface area (Å²) < 4.78 is 5.69. The maximum Gasteiger partial charge on any atom is 0.253 e. The summed E-state index contributed by atoms with van der Waals surface area (Å²) in [6.07, 6.45) is 0.0435. The quantitative estimate of drug-likeness (QED) is 0.887. The SMILES string of the molecule is CN1CCOC(CNC(=O)c2ccccc2Nc2ccccc2)C1. The highest BCUT2D eigenvalue weighted by Crippen LogP contribution is 2.20. The number of para-hydroxylation sites is 2. The van der Waals surface area contributed by atoms with Gasteiger partial charge in [-0.2, -0.15) is 0 Å². The summed E-state index contributed by atoms with van der Waals surface area (Å²) in [6.45, 7) is 3.00. The van der Waals surface area contributed by atoms with Crippen molar-refractivity contribution in [2.24, 2.45) is 0 Å². The second-order valence-electron chi connectivity index (χ2n) is 6.00. The molecular formula is C19H23N3O2. The minimum Gasteiger partial charge on any atom is -0.374 e. The highest BCUT2D eigenvalue weighted by molar-refractivity contribution is 6.00. The number of anilines is 2. The molecule has 1 atom stereocenters. The fraction of sp³-hybridized carbons (Fsp3) is 0.316. The van der Waals surface area contributed by atoms with Gasteiger partial charge in [-0.05, 0) is 31.3 Å². The van der Waals surface area contributed by atoms with E-state index in [0.717, 1.165) is 24.5 Å². The molecule has 3 rings (SSSR count). The Bertz CT molecular complexity index is 675. The van der Waals surface area contributed by atoms with Crippen molar-refractivity contribution in [1.82, 2.24) is 10.2 Å². The molecule has 0 bridgehead atoms. The largest absolute Gasteiger partial charge is 0.374 e. The molecule has 126 valence electrons. The molecule has 2 aromatic carbocycles. The van der Waals surface area contributed by atoms with Crippen LogP contribution in [0.3, 0.4) is 0 Å². The Morgan fingerprint density at radius 3 is 2.71 bits per heavy atom. The van der Waals surface area contributed by atoms with E-state index >= 15 is 0 Å². The van der Waals surface area contributed by atoms with Gasteiger partial charge in [0.15, 0.2) is 0 Å². The van der Waals surface area contributed by atoms with Gasteiger partial charge in [-0.25, -0.2) is 0 Å². The van der Waals surface area contributed by atoms with Gasteiger partial charge in [0, 0.05) is 25.3 Å². The van der Waals surface area contributed by atoms with Gasteiger partial charge in [0.2, 0.25) is 0 Å². The molecule has 0 spiro atoms. The summed E-state index contributed by atoms with van der Waals surface area (Å²) in [7, 11) is 2.07. The van der Waals surface area contributed by atoms with Crippen molar-refractivity contribution < 1.29 is 9.53 Å². The van der Waals surface area contributed by atoms with Crippen molar-refractivity contribution in [2.45, 2.75) is 6.10 Å². The number of rotatable bonds is 5. The molecule has 5 nitrogen and oxygen atoms in total. The zero-order valence-electron chi connectivity index (χ0n) is 13.9. The van der Waals surface area contributed by atoms with E-state index < -0.39 is 0 Å². The first-order chi connectivity index (χ1) is 11.7. The summed E-state index contributed by atoms with van der Waals surface area (Å²) in [6, 6.07) is 17.4. The van der Waals surface area contributed by atoms with Gasteiger partial charge in [0.1, 0.15) is 0 Å². The van der Waals surface area contributed by atoms with E-state index in [-0.39, 0.29) is 12.0 Å². The van der Waals surface area contributed by atoms with Crippen molar-refractivity contribution in [1.29, 1.82) is 0 Å². The van der Waals surface area contributed by atoms with Crippen LogP contribution in [0.4, 0.5) is 11.4 Å². The zero-order valence-corrected chi connectivity index (χ0v) is 13.9. The van der Waals surface area contributed by atoms with Crippen molar-refractivity contribution in [3.05, 3.63) is 60.2 Å². The first-order valence-electron chi connectivity index (χ1n) is 8.22. The maximum absolute atomic E-state index is 12.6. The third-order valence-electron chi connectivity index (χ3n) is 4.06. The molecule has 24 heavy (non-hydrogen) atoms. The Morgan fingerprint density at radius 1 is 1.17 bits per heavy atom. The highest BCUT2D eigenvalue weighted by Gasteiger charge is 2.19. The van der Waals surface area contributed by atoms with Gasteiger partial charge in [-0.3, -0.25) is 4.79 Å². The Kier molecular flexibility index (Phi) is 5.46. The van der Waals surface area contributed by atoms with Crippen LogP contribution in [0.15, 0.2) is 54.6 Å². The zero-order chi connectivity index (χ0) is 16.8. The molecule has 1 saturated heterocycles. The van der Waals surface area contributed by atoms with E-state index in [0.29, 0.717) is 18.7 Å². The van der Waals surface area contributed by atoms with E-state index in [9.17, 15) is 4.79 Å². The van der Waals surface area contributed by atoms with Crippen LogP contribution in [0.5, 0.6) is 0 Å². The van der Waals surface area contributed by atoms with Crippen molar-refractivity contribution >= 4 is 17.3 Å². The number of nitrogens with one attached hydrogen (secondary N) is 2. The average Bonchev–Trinajstić information content (AvgIpc) is 2.61. The maximum atomic E-state index is 12.6. The van der Waals surface area contributed by atoms with Crippen LogP contribution in [0, 0.1) is 0 Å². The van der Waals surface area contributed by atoms with Crippen LogP contribution in [0.25, 0.3) is 0 Å². The minimum atomic E-state index is -0.0918. The number of carbonyl (C=O) groups is 1. The topological polar surface area (TPSA) is 53.6 Å². The molecule has 0 aliphatic carbocycles. The molecule has 2 aromatic rings. The Morgan fingerprint density at radius 2 is 1.92 bits per heavy atom. The van der Waals surface area contributed by atoms with Crippen molar-refractivity contribution in [3.8, 4) is 0 Å². The number of amides is 1. The standard InChI is InChI=1S/C19H23N3O2/c1-22-11-12-24-16(14-22)13-20-19(23)17-9-5-6-10-18(17)21-15-7-3-2-4-8-15/h2-10,16,21H,11-14H2,1H3,(H,20,23). The van der Waals surface area contributed by atoms with Crippen LogP contribution < -0.4 is 10.6 Å². The lowest BCUT2D eigenvalue weighted by atomic mass is 10.1. The Balaban J connectivity index is 1.64. The van der Waals surface area contributed by atoms with Crippen LogP contribution in [0.2, 0.25) is 0 Å². The average molecular weight is 325 g/mol. The van der Waals surface area contributed by atoms with Gasteiger partial charge < -0.3 is 20.3 Å². The molecular weight excluding hydrogens is 302 g/mol. The molecule has 2 N–H and O–H groups in total. The molecule has 0 radical (unpaired) electrons. The molecule has 1 heterocycles. The molecule has 5 heteroatoms. The minimum absolute atomic E-state index is 0.0435. The number of benzene rings is 2. The lowest BCUT2D eigenvalue weighted by molar-refractivity contribution is -0.0174. The number of carbonyl (C=O) groups excluding carboxylic acids is 1. The van der Waals surface area contributed by atoms with Gasteiger partial charge in [-0.1, -0.05) is 30.3 Å². The first kappa shape index (κ1) is 16.5. The fourth-order valence-corrected chi connectivity index (χ4v) is 2.76. The van der Waals surface area contributed by atoms with Gasteiger partial charge in [0.05, 0.1) is 24.0 Å². The first-order valence-corrected chi connectivity index (χ1v) is 8.22. The second-order valence-corrected chi connectivity index (χ2v) is 6.00. The number of morpholine rings is 1. The predicted molar refractivity (Wildman–Crippen MR) is 95.7 cm³/mol. The summed E-state index contributed by atoms with van der Waals surface area (Å²) in [5.41, 5.74) is 2.38. The molecule has 1 fully saturated rings. The third-order valence-corrected chi connectivity index (χ3v) is 4.06. The Hall–Kier alpha value is -2.37. The monoisotopic (exact) mass is 325 g/mol. The van der Waals surface area contributed by atoms with E-state index in [1.165, 1.54) is 0 Å². The van der Waals surface area contributed by atoms with E-state index in [1.54, 1.807) is 0 Å². The molecule has 1 amide bonds. The normalized spacial score (nSPS) is 18.1. The van der Waals surface area contributed by atoms with Crippen molar-refractivity contribution in [2.75, 3.05) is 38.6 Å². The Labute approximate surface area is 142 Å². The molecule has 1 aliphatic heterocycles. The summed E-state index contributed by atoms with van der Waals surface area (Å²) in [5.74, 6) is -0.0918. The van der Waals surface area contributed by atoms with E-state index in [4.69, 9.17) is 4.74 Å². The van der Waals surface area contributed by atoms with E-state index in [2.05, 4.69) is 22.6 Å². The smallest absolute Gasteiger partial charge is 0.253 e. The fourth-order valence-electron chi connectivity index (χ4n) is 2.76. The van der Waals surface area contributed by atoms with Crippen LogP contribution in [-0.4, -0.2) is 50.2 Å². The second kappa shape index (κ2) is 7.95. The number of hydrogen-bond donors (Lipinski definition) is 2. The lowest BCUT2D eigenvalue weighted by Crippen LogP contribution is -2.46. The van der Waals surface area contributed by atoms with Crippen LogP contribution in [-0.2, 0) is 4.74 Å². The molecule has 0 aromatic heterocycles. The summed E-state index contributed by atoms with van der Waals surface area (Å²) in [4.78, 5) is 14.8. The van der Waals surface area contributed by atoms with Crippen molar-refractivity contribution in [3.63, 3.8) is 0 Å². The molecule has 1 unspecified atom stereocenters. The highest BCUT2D eigenvalue weighted by atomic mass is 16.5. The predicted octanol–water partition coefficient (Wildman–Crippen LogP) is 2.49. The number of nitrogens with zero attached hydrogens (tertiary/aromatic N) is 1.